The minimum absolute atomic E-state index is 0.0136. The van der Waals surface area contributed by atoms with E-state index in [1.807, 2.05) is 47.4 Å². The van der Waals surface area contributed by atoms with E-state index in [2.05, 4.69) is 10.6 Å². The molecule has 2 N–H and O–H groups in total. The van der Waals surface area contributed by atoms with Crippen molar-refractivity contribution in [2.75, 3.05) is 30.4 Å². The fourth-order valence-corrected chi connectivity index (χ4v) is 3.02. The number of nitrogens with one attached hydrogen (secondary N) is 2. The van der Waals surface area contributed by atoms with Gasteiger partial charge in [-0.05, 0) is 42.0 Å². The van der Waals surface area contributed by atoms with Crippen LogP contribution in [0.3, 0.4) is 0 Å². The third-order valence-corrected chi connectivity index (χ3v) is 4.64. The highest BCUT2D eigenvalue weighted by molar-refractivity contribution is 5.95. The van der Waals surface area contributed by atoms with Gasteiger partial charge in [0.25, 0.3) is 0 Å². The Balaban J connectivity index is 1.60. The second-order valence-electron chi connectivity index (χ2n) is 6.99. The Bertz CT molecular complexity index is 1060. The third-order valence-electron chi connectivity index (χ3n) is 4.64. The molecule has 0 atom stereocenters. The fourth-order valence-electron chi connectivity index (χ4n) is 3.02. The number of benzene rings is 3. The third kappa shape index (κ3) is 6.53. The van der Waals surface area contributed by atoms with Gasteiger partial charge in [-0.15, -0.1) is 0 Å². The van der Waals surface area contributed by atoms with Gasteiger partial charge >= 0.3 is 0 Å². The van der Waals surface area contributed by atoms with Crippen LogP contribution in [-0.2, 0) is 16.1 Å². The fraction of sp³-hybridized carbons (Fsp3) is 0.167. The van der Waals surface area contributed by atoms with Crippen LogP contribution in [0.5, 0.6) is 5.75 Å². The van der Waals surface area contributed by atoms with Gasteiger partial charge in [-0.25, -0.2) is 8.78 Å². The van der Waals surface area contributed by atoms with Crippen molar-refractivity contribution >= 4 is 23.2 Å². The molecular weight excluding hydrogens is 416 g/mol. The van der Waals surface area contributed by atoms with Gasteiger partial charge in [-0.1, -0.05) is 30.3 Å². The van der Waals surface area contributed by atoms with Gasteiger partial charge in [-0.3, -0.25) is 9.59 Å². The summed E-state index contributed by atoms with van der Waals surface area (Å²) in [7, 11) is 1.58. The summed E-state index contributed by atoms with van der Waals surface area (Å²) in [4.78, 5) is 26.5. The quantitative estimate of drug-likeness (QED) is 0.533. The molecule has 166 valence electrons. The summed E-state index contributed by atoms with van der Waals surface area (Å²) >= 11 is 0. The number of hydrogen-bond acceptors (Lipinski definition) is 4. The van der Waals surface area contributed by atoms with E-state index in [9.17, 15) is 18.4 Å². The number of carbonyl (C=O) groups excluding carboxylic acids is 2. The van der Waals surface area contributed by atoms with E-state index >= 15 is 0 Å². The second-order valence-corrected chi connectivity index (χ2v) is 6.99. The maximum Gasteiger partial charge on any atom is 0.243 e. The van der Waals surface area contributed by atoms with Crippen LogP contribution in [0.15, 0.2) is 72.8 Å². The Morgan fingerprint density at radius 3 is 2.28 bits per heavy atom. The van der Waals surface area contributed by atoms with Crippen molar-refractivity contribution in [3.63, 3.8) is 0 Å². The normalized spacial score (nSPS) is 10.3. The number of nitrogens with zero attached hydrogens (tertiary/aromatic N) is 1. The summed E-state index contributed by atoms with van der Waals surface area (Å²) < 4.78 is 31.4. The molecule has 0 bridgehead atoms. The predicted molar refractivity (Wildman–Crippen MR) is 118 cm³/mol. The maximum absolute atomic E-state index is 13.3. The monoisotopic (exact) mass is 439 g/mol. The molecule has 8 heteroatoms. The van der Waals surface area contributed by atoms with Crippen molar-refractivity contribution in [1.82, 2.24) is 5.32 Å². The predicted octanol–water partition coefficient (Wildman–Crippen LogP) is 3.73. The molecule has 0 aliphatic heterocycles. The number of methoxy groups -OCH3 is 1. The van der Waals surface area contributed by atoms with E-state index in [-0.39, 0.29) is 24.7 Å². The summed E-state index contributed by atoms with van der Waals surface area (Å²) in [6.45, 7) is 0.195. The van der Waals surface area contributed by atoms with Crippen LogP contribution < -0.4 is 20.3 Å². The molecule has 6 nitrogen and oxygen atoms in total. The van der Waals surface area contributed by atoms with Gasteiger partial charge in [0, 0.05) is 24.0 Å². The summed E-state index contributed by atoms with van der Waals surface area (Å²) in [6.07, 6.45) is 0. The van der Waals surface area contributed by atoms with Crippen molar-refractivity contribution in [2.45, 2.75) is 6.54 Å². The molecule has 0 aliphatic carbocycles. The molecule has 2 amide bonds. The summed E-state index contributed by atoms with van der Waals surface area (Å²) in [6, 6.07) is 20.0. The molecule has 3 rings (SSSR count). The van der Waals surface area contributed by atoms with Gasteiger partial charge in [0.2, 0.25) is 11.8 Å². The van der Waals surface area contributed by atoms with Crippen LogP contribution >= 0.6 is 0 Å². The van der Waals surface area contributed by atoms with Crippen molar-refractivity contribution in [1.29, 1.82) is 0 Å². The van der Waals surface area contributed by atoms with E-state index in [0.717, 1.165) is 23.4 Å². The summed E-state index contributed by atoms with van der Waals surface area (Å²) in [5.41, 5.74) is 1.94. The van der Waals surface area contributed by atoms with Gasteiger partial charge in [-0.2, -0.15) is 0 Å². The Kier molecular flexibility index (Phi) is 7.75. The minimum atomic E-state index is -1.07. The van der Waals surface area contributed by atoms with Crippen molar-refractivity contribution in [2.24, 2.45) is 0 Å². The lowest BCUT2D eigenvalue weighted by Gasteiger charge is -2.24. The van der Waals surface area contributed by atoms with Crippen LogP contribution in [0.25, 0.3) is 0 Å². The zero-order valence-corrected chi connectivity index (χ0v) is 17.5. The number of amides is 2. The first-order chi connectivity index (χ1) is 15.4. The number of anilines is 2. The van der Waals surface area contributed by atoms with Gasteiger partial charge in [0.05, 0.1) is 20.2 Å². The molecule has 3 aromatic carbocycles. The zero-order valence-electron chi connectivity index (χ0n) is 17.5. The molecule has 0 unspecified atom stereocenters. The molecule has 3 aromatic rings. The highest BCUT2D eigenvalue weighted by atomic mass is 19.2. The van der Waals surface area contributed by atoms with Gasteiger partial charge in [0.1, 0.15) is 5.75 Å². The number of ether oxygens (including phenoxy) is 1. The number of hydrogen-bond donors (Lipinski definition) is 2. The Morgan fingerprint density at radius 1 is 0.906 bits per heavy atom. The van der Waals surface area contributed by atoms with Crippen molar-refractivity contribution in [3.8, 4) is 5.75 Å². The lowest BCUT2D eigenvalue weighted by molar-refractivity contribution is -0.123. The first kappa shape index (κ1) is 22.7. The number of rotatable bonds is 9. The van der Waals surface area contributed by atoms with E-state index in [0.29, 0.717) is 12.3 Å². The first-order valence-electron chi connectivity index (χ1n) is 9.89. The molecule has 0 heterocycles. The van der Waals surface area contributed by atoms with Crippen LogP contribution in [0.4, 0.5) is 20.2 Å². The lowest BCUT2D eigenvalue weighted by Crippen LogP contribution is -2.40. The average Bonchev–Trinajstić information content (AvgIpc) is 2.80. The Morgan fingerprint density at radius 2 is 1.62 bits per heavy atom. The molecule has 0 radical (unpaired) electrons. The van der Waals surface area contributed by atoms with E-state index in [1.165, 1.54) is 6.07 Å². The van der Waals surface area contributed by atoms with Crippen molar-refractivity contribution in [3.05, 3.63) is 90.0 Å². The second kappa shape index (κ2) is 10.9. The Labute approximate surface area is 184 Å². The van der Waals surface area contributed by atoms with Crippen LogP contribution in [-0.4, -0.2) is 32.0 Å². The van der Waals surface area contributed by atoms with E-state index in [1.54, 1.807) is 19.2 Å². The SMILES string of the molecule is COc1ccc(N(CC(=O)NCC(=O)Nc2ccc(F)c(F)c2)Cc2ccccc2)cc1. The number of carbonyl (C=O) groups is 2. The molecule has 0 saturated heterocycles. The summed E-state index contributed by atoms with van der Waals surface area (Å²) in [5.74, 6) is -2.29. The van der Waals surface area contributed by atoms with Crippen LogP contribution in [0.2, 0.25) is 0 Å². The highest BCUT2D eigenvalue weighted by Gasteiger charge is 2.14. The molecular formula is C24H23F2N3O3. The number of halogens is 2. The van der Waals surface area contributed by atoms with Gasteiger partial charge < -0.3 is 20.3 Å². The summed E-state index contributed by atoms with van der Waals surface area (Å²) in [5, 5.41) is 4.97. The lowest BCUT2D eigenvalue weighted by atomic mass is 10.2. The van der Waals surface area contributed by atoms with Crippen molar-refractivity contribution < 1.29 is 23.1 Å². The molecule has 0 aliphatic rings. The molecule has 0 spiro atoms. The molecule has 0 fully saturated rings. The smallest absolute Gasteiger partial charge is 0.243 e. The Hall–Kier alpha value is -3.94. The standard InChI is InChI=1S/C24H23F2N3O3/c1-32-20-10-8-19(9-11-20)29(15-17-5-3-2-4-6-17)16-24(31)27-14-23(30)28-18-7-12-21(25)22(26)13-18/h2-13H,14-16H2,1H3,(H,27,31)(H,28,30). The van der Waals surface area contributed by atoms with Crippen LogP contribution in [0, 0.1) is 11.6 Å². The maximum atomic E-state index is 13.3. The molecule has 0 saturated carbocycles. The van der Waals surface area contributed by atoms with E-state index in [4.69, 9.17) is 4.74 Å². The first-order valence-corrected chi connectivity index (χ1v) is 9.89. The zero-order chi connectivity index (χ0) is 22.9. The van der Waals surface area contributed by atoms with E-state index < -0.39 is 17.5 Å². The molecule has 32 heavy (non-hydrogen) atoms. The van der Waals surface area contributed by atoms with Gasteiger partial charge in [0.15, 0.2) is 11.6 Å². The average molecular weight is 439 g/mol. The van der Waals surface area contributed by atoms with Crippen LogP contribution in [0.1, 0.15) is 5.56 Å². The topological polar surface area (TPSA) is 70.7 Å². The largest absolute Gasteiger partial charge is 0.497 e. The molecule has 0 aromatic heterocycles. The highest BCUT2D eigenvalue weighted by Crippen LogP contribution is 2.21. The minimum Gasteiger partial charge on any atom is -0.497 e.